The molecule has 2 nitrogen and oxygen atoms in total. The van der Waals surface area contributed by atoms with Crippen LogP contribution in [0.5, 0.6) is 5.75 Å². The lowest BCUT2D eigenvalue weighted by atomic mass is 9.72. The van der Waals surface area contributed by atoms with Crippen LogP contribution in [0.25, 0.3) is 0 Å². The Morgan fingerprint density at radius 2 is 1.93 bits per heavy atom. The zero-order chi connectivity index (χ0) is 10.3. The van der Waals surface area contributed by atoms with Gasteiger partial charge in [-0.2, -0.15) is 0 Å². The number of benzene rings is 1. The fourth-order valence-electron chi connectivity index (χ4n) is 1.82. The predicted octanol–water partition coefficient (Wildman–Crippen LogP) is 2.01. The molecular formula is C10H11F2NO. The summed E-state index contributed by atoms with van der Waals surface area (Å²) in [4.78, 5) is 0. The summed E-state index contributed by atoms with van der Waals surface area (Å²) in [5.41, 5.74) is 4.87. The Hall–Kier alpha value is -1.16. The van der Waals surface area contributed by atoms with Crippen molar-refractivity contribution < 1.29 is 13.9 Å². The van der Waals surface area contributed by atoms with Crippen LogP contribution in [-0.2, 0) is 5.54 Å². The summed E-state index contributed by atoms with van der Waals surface area (Å²) in [6.07, 6.45) is 2.05. The van der Waals surface area contributed by atoms with Crippen LogP contribution >= 0.6 is 0 Å². The second-order valence-corrected chi connectivity index (χ2v) is 3.77. The van der Waals surface area contributed by atoms with Crippen LogP contribution in [0, 0.1) is 11.6 Å². The smallest absolute Gasteiger partial charge is 0.167 e. The molecular weight excluding hydrogens is 188 g/mol. The second kappa shape index (κ2) is 2.92. The molecule has 1 aromatic rings. The van der Waals surface area contributed by atoms with Crippen molar-refractivity contribution in [1.29, 1.82) is 0 Å². The Morgan fingerprint density at radius 1 is 1.29 bits per heavy atom. The largest absolute Gasteiger partial charge is 0.507 e. The number of hydrogen-bond donors (Lipinski definition) is 2. The average molecular weight is 199 g/mol. The molecule has 0 saturated heterocycles. The van der Waals surface area contributed by atoms with Crippen molar-refractivity contribution in [3.8, 4) is 5.75 Å². The second-order valence-electron chi connectivity index (χ2n) is 3.77. The van der Waals surface area contributed by atoms with Crippen molar-refractivity contribution in [2.45, 2.75) is 24.8 Å². The molecule has 0 radical (unpaired) electrons. The summed E-state index contributed by atoms with van der Waals surface area (Å²) in [7, 11) is 0. The molecule has 1 saturated carbocycles. The lowest BCUT2D eigenvalue weighted by Crippen LogP contribution is -2.44. The quantitative estimate of drug-likeness (QED) is 0.726. The highest BCUT2D eigenvalue weighted by molar-refractivity contribution is 5.40. The lowest BCUT2D eigenvalue weighted by molar-refractivity contribution is 0.233. The monoisotopic (exact) mass is 199 g/mol. The Bertz CT molecular complexity index is 375. The first-order valence-corrected chi connectivity index (χ1v) is 4.51. The molecule has 0 aliphatic heterocycles. The maximum Gasteiger partial charge on any atom is 0.167 e. The third-order valence-electron chi connectivity index (χ3n) is 2.82. The lowest BCUT2D eigenvalue weighted by Gasteiger charge is -2.38. The van der Waals surface area contributed by atoms with E-state index in [0.29, 0.717) is 12.8 Å². The summed E-state index contributed by atoms with van der Waals surface area (Å²) >= 11 is 0. The molecule has 14 heavy (non-hydrogen) atoms. The third kappa shape index (κ3) is 1.18. The van der Waals surface area contributed by atoms with E-state index in [4.69, 9.17) is 5.73 Å². The van der Waals surface area contributed by atoms with Crippen LogP contribution in [0.15, 0.2) is 12.1 Å². The van der Waals surface area contributed by atoms with E-state index in [1.54, 1.807) is 0 Å². The van der Waals surface area contributed by atoms with E-state index in [2.05, 4.69) is 0 Å². The molecule has 0 amide bonds. The highest BCUT2D eigenvalue weighted by Crippen LogP contribution is 2.43. The van der Waals surface area contributed by atoms with Crippen LogP contribution in [0.3, 0.4) is 0 Å². The Kier molecular flexibility index (Phi) is 1.96. The van der Waals surface area contributed by atoms with Gasteiger partial charge in [-0.3, -0.25) is 0 Å². The maximum absolute atomic E-state index is 13.4. The van der Waals surface area contributed by atoms with Gasteiger partial charge in [-0.1, -0.05) is 0 Å². The number of halogens is 2. The van der Waals surface area contributed by atoms with Gasteiger partial charge in [0.15, 0.2) is 11.6 Å². The van der Waals surface area contributed by atoms with Crippen molar-refractivity contribution in [2.24, 2.45) is 5.73 Å². The van der Waals surface area contributed by atoms with Crippen molar-refractivity contribution in [2.75, 3.05) is 0 Å². The zero-order valence-corrected chi connectivity index (χ0v) is 7.56. The highest BCUT2D eigenvalue weighted by Gasteiger charge is 2.39. The molecule has 0 aromatic heterocycles. The van der Waals surface area contributed by atoms with Crippen LogP contribution in [0.2, 0.25) is 0 Å². The number of nitrogens with two attached hydrogens (primary N) is 1. The van der Waals surface area contributed by atoms with Gasteiger partial charge < -0.3 is 10.8 Å². The fourth-order valence-corrected chi connectivity index (χ4v) is 1.82. The molecule has 0 atom stereocenters. The first kappa shape index (κ1) is 9.40. The van der Waals surface area contributed by atoms with Crippen LogP contribution < -0.4 is 5.73 Å². The van der Waals surface area contributed by atoms with E-state index in [0.717, 1.165) is 18.6 Å². The maximum atomic E-state index is 13.4. The number of phenolic OH excluding ortho intramolecular Hbond substituents is 1. The normalized spacial score (nSPS) is 19.1. The Morgan fingerprint density at radius 3 is 2.43 bits per heavy atom. The molecule has 0 unspecified atom stereocenters. The standard InChI is InChI=1S/C10H11F2NO/c11-6-2-3-7(14)8(9(6)12)10(13)4-1-5-10/h2-3,14H,1,4-5,13H2. The molecule has 4 heteroatoms. The molecule has 0 heterocycles. The van der Waals surface area contributed by atoms with Gasteiger partial charge in [0.05, 0.1) is 5.56 Å². The first-order valence-electron chi connectivity index (χ1n) is 4.51. The summed E-state index contributed by atoms with van der Waals surface area (Å²) in [5, 5.41) is 9.43. The topological polar surface area (TPSA) is 46.2 Å². The van der Waals surface area contributed by atoms with E-state index in [-0.39, 0.29) is 11.3 Å². The van der Waals surface area contributed by atoms with Crippen molar-refractivity contribution in [1.82, 2.24) is 0 Å². The summed E-state index contributed by atoms with van der Waals surface area (Å²) in [6, 6.07) is 2.04. The third-order valence-corrected chi connectivity index (χ3v) is 2.82. The molecule has 3 N–H and O–H groups in total. The molecule has 0 spiro atoms. The van der Waals surface area contributed by atoms with Crippen molar-refractivity contribution in [3.63, 3.8) is 0 Å². The van der Waals surface area contributed by atoms with Gasteiger partial charge in [-0.15, -0.1) is 0 Å². The van der Waals surface area contributed by atoms with Crippen molar-refractivity contribution >= 4 is 0 Å². The van der Waals surface area contributed by atoms with Crippen molar-refractivity contribution in [3.05, 3.63) is 29.3 Å². The molecule has 0 bridgehead atoms. The summed E-state index contributed by atoms with van der Waals surface area (Å²) in [5.74, 6) is -2.24. The van der Waals surface area contributed by atoms with Gasteiger partial charge in [-0.25, -0.2) is 8.78 Å². The van der Waals surface area contributed by atoms with E-state index in [9.17, 15) is 13.9 Å². The number of aromatic hydroxyl groups is 1. The van der Waals surface area contributed by atoms with E-state index in [1.807, 2.05) is 0 Å². The molecule has 2 rings (SSSR count). The fraction of sp³-hybridized carbons (Fsp3) is 0.400. The van der Waals surface area contributed by atoms with Crippen LogP contribution in [0.1, 0.15) is 24.8 Å². The predicted molar refractivity (Wildman–Crippen MR) is 47.7 cm³/mol. The number of hydrogen-bond acceptors (Lipinski definition) is 2. The molecule has 1 aromatic carbocycles. The Balaban J connectivity index is 2.56. The van der Waals surface area contributed by atoms with E-state index in [1.165, 1.54) is 0 Å². The van der Waals surface area contributed by atoms with Crippen LogP contribution in [0.4, 0.5) is 8.78 Å². The van der Waals surface area contributed by atoms with Gasteiger partial charge in [0.1, 0.15) is 5.75 Å². The minimum absolute atomic E-state index is 0.0799. The minimum atomic E-state index is -1.02. The van der Waals surface area contributed by atoms with Gasteiger partial charge in [0.2, 0.25) is 0 Å². The minimum Gasteiger partial charge on any atom is -0.507 e. The molecule has 76 valence electrons. The van der Waals surface area contributed by atoms with Gasteiger partial charge >= 0.3 is 0 Å². The Labute approximate surface area is 80.4 Å². The molecule has 1 aliphatic rings. The summed E-state index contributed by atoms with van der Waals surface area (Å²) in [6.45, 7) is 0. The average Bonchev–Trinajstić information content (AvgIpc) is 2.09. The van der Waals surface area contributed by atoms with Gasteiger partial charge in [0, 0.05) is 5.54 Å². The summed E-state index contributed by atoms with van der Waals surface area (Å²) < 4.78 is 26.3. The van der Waals surface area contributed by atoms with Crippen LogP contribution in [-0.4, -0.2) is 5.11 Å². The van der Waals surface area contributed by atoms with E-state index >= 15 is 0 Å². The zero-order valence-electron chi connectivity index (χ0n) is 7.56. The first-order chi connectivity index (χ1) is 6.54. The van der Waals surface area contributed by atoms with E-state index < -0.39 is 17.2 Å². The SMILES string of the molecule is NC1(c2c(O)ccc(F)c2F)CCC1. The number of phenols is 1. The van der Waals surface area contributed by atoms with Gasteiger partial charge in [-0.05, 0) is 31.4 Å². The highest BCUT2D eigenvalue weighted by atomic mass is 19.2. The number of rotatable bonds is 1. The molecule has 1 fully saturated rings. The molecule has 1 aliphatic carbocycles. The van der Waals surface area contributed by atoms with Gasteiger partial charge in [0.25, 0.3) is 0 Å².